The molecule has 0 radical (unpaired) electrons. The van der Waals surface area contributed by atoms with Gasteiger partial charge in [0.25, 0.3) is 0 Å². The second-order valence-corrected chi connectivity index (χ2v) is 9.12. The summed E-state index contributed by atoms with van der Waals surface area (Å²) in [5, 5.41) is 2.83. The Kier molecular flexibility index (Phi) is 7.04. The van der Waals surface area contributed by atoms with Crippen molar-refractivity contribution in [2.75, 3.05) is 25.0 Å². The van der Waals surface area contributed by atoms with Crippen LogP contribution in [-0.4, -0.2) is 58.2 Å². The van der Waals surface area contributed by atoms with Crippen molar-refractivity contribution < 1.29 is 19.1 Å². The van der Waals surface area contributed by atoms with Crippen LogP contribution in [0, 0.1) is 0 Å². The molecule has 0 bridgehead atoms. The van der Waals surface area contributed by atoms with Gasteiger partial charge in [0.05, 0.1) is 30.9 Å². The molecule has 1 N–H and O–H groups in total. The predicted octanol–water partition coefficient (Wildman–Crippen LogP) is 2.96. The van der Waals surface area contributed by atoms with Gasteiger partial charge in [-0.3, -0.25) is 19.4 Å². The summed E-state index contributed by atoms with van der Waals surface area (Å²) >= 11 is 0. The maximum Gasteiger partial charge on any atom is 0.242 e. The van der Waals surface area contributed by atoms with Gasteiger partial charge in [-0.25, -0.2) is 0 Å². The molecule has 3 aromatic rings. The highest BCUT2D eigenvalue weighted by Gasteiger charge is 2.37. The summed E-state index contributed by atoms with van der Waals surface area (Å²) in [6, 6.07) is 22.7. The lowest BCUT2D eigenvalue weighted by atomic mass is 9.89. The summed E-state index contributed by atoms with van der Waals surface area (Å²) < 4.78 is 6.19. The largest absolute Gasteiger partial charge is 0.368 e. The van der Waals surface area contributed by atoms with Crippen molar-refractivity contribution in [3.8, 4) is 0 Å². The third-order valence-electron chi connectivity index (χ3n) is 6.55. The maximum atomic E-state index is 13.8. The molecule has 0 spiro atoms. The van der Waals surface area contributed by atoms with Gasteiger partial charge in [-0.1, -0.05) is 54.6 Å². The Morgan fingerprint density at radius 1 is 0.972 bits per heavy atom. The topological polar surface area (TPSA) is 91.8 Å². The number of nitrogens with zero attached hydrogens (tertiary/aromatic N) is 3. The average molecular weight is 485 g/mol. The Balaban J connectivity index is 1.38. The third kappa shape index (κ3) is 5.44. The smallest absolute Gasteiger partial charge is 0.242 e. The molecule has 2 atom stereocenters. The van der Waals surface area contributed by atoms with Crippen LogP contribution >= 0.6 is 0 Å². The SMILES string of the molecule is O=C1C[C@@H](C(=O)N2CC(=O)N(Cc3ccccc3)C[C@@H](OCc3ccccn3)C2)c2ccccc2N1. The Bertz CT molecular complexity index is 1230. The fourth-order valence-electron chi connectivity index (χ4n) is 4.75. The first kappa shape index (κ1) is 23.7. The van der Waals surface area contributed by atoms with Crippen molar-refractivity contribution in [3.63, 3.8) is 0 Å². The average Bonchev–Trinajstić information content (AvgIpc) is 3.06. The van der Waals surface area contributed by atoms with Crippen molar-refractivity contribution in [1.29, 1.82) is 0 Å². The fraction of sp³-hybridized carbons (Fsp3) is 0.286. The van der Waals surface area contributed by atoms with E-state index in [1.165, 1.54) is 0 Å². The van der Waals surface area contributed by atoms with E-state index >= 15 is 0 Å². The van der Waals surface area contributed by atoms with E-state index in [4.69, 9.17) is 4.74 Å². The minimum absolute atomic E-state index is 0.0493. The van der Waals surface area contributed by atoms with Crippen molar-refractivity contribution in [1.82, 2.24) is 14.8 Å². The highest BCUT2D eigenvalue weighted by atomic mass is 16.5. The van der Waals surface area contributed by atoms with Gasteiger partial charge in [0.1, 0.15) is 0 Å². The second kappa shape index (κ2) is 10.7. The minimum Gasteiger partial charge on any atom is -0.368 e. The van der Waals surface area contributed by atoms with E-state index in [2.05, 4.69) is 10.3 Å². The highest BCUT2D eigenvalue weighted by Crippen LogP contribution is 2.33. The maximum absolute atomic E-state index is 13.8. The zero-order valence-corrected chi connectivity index (χ0v) is 19.9. The van der Waals surface area contributed by atoms with Crippen LogP contribution in [-0.2, 0) is 32.3 Å². The van der Waals surface area contributed by atoms with E-state index in [0.717, 1.165) is 16.8 Å². The van der Waals surface area contributed by atoms with E-state index in [9.17, 15) is 14.4 Å². The number of carbonyl (C=O) groups is 3. The molecule has 5 rings (SSSR count). The molecule has 36 heavy (non-hydrogen) atoms. The molecule has 3 amide bonds. The van der Waals surface area contributed by atoms with Crippen molar-refractivity contribution >= 4 is 23.4 Å². The second-order valence-electron chi connectivity index (χ2n) is 9.12. The van der Waals surface area contributed by atoms with Gasteiger partial charge in [0, 0.05) is 37.9 Å². The van der Waals surface area contributed by atoms with Crippen molar-refractivity contribution in [3.05, 3.63) is 95.8 Å². The first-order valence-corrected chi connectivity index (χ1v) is 12.1. The number of amides is 3. The van der Waals surface area contributed by atoms with Crippen molar-refractivity contribution in [2.24, 2.45) is 0 Å². The van der Waals surface area contributed by atoms with E-state index < -0.39 is 12.0 Å². The molecule has 2 aliphatic heterocycles. The van der Waals surface area contributed by atoms with Gasteiger partial charge >= 0.3 is 0 Å². The van der Waals surface area contributed by atoms with Gasteiger partial charge in [0.2, 0.25) is 17.7 Å². The van der Waals surface area contributed by atoms with Gasteiger partial charge < -0.3 is 19.9 Å². The summed E-state index contributed by atoms with van der Waals surface area (Å²) in [5.41, 5.74) is 3.19. The molecule has 0 unspecified atom stereocenters. The Labute approximate surface area is 209 Å². The molecule has 1 saturated heterocycles. The molecule has 3 heterocycles. The quantitative estimate of drug-likeness (QED) is 0.581. The first-order valence-electron chi connectivity index (χ1n) is 12.1. The zero-order chi connectivity index (χ0) is 24.9. The van der Waals surface area contributed by atoms with Crippen molar-refractivity contribution in [2.45, 2.75) is 31.6 Å². The lowest BCUT2D eigenvalue weighted by Gasteiger charge is -2.30. The highest BCUT2D eigenvalue weighted by molar-refractivity contribution is 6.01. The lowest BCUT2D eigenvalue weighted by molar-refractivity contribution is -0.140. The molecule has 2 aliphatic rings. The van der Waals surface area contributed by atoms with Gasteiger partial charge in [0.15, 0.2) is 0 Å². The van der Waals surface area contributed by atoms with Crippen LogP contribution in [0.2, 0.25) is 0 Å². The molecule has 184 valence electrons. The number of para-hydroxylation sites is 1. The molecule has 0 saturated carbocycles. The predicted molar refractivity (Wildman–Crippen MR) is 134 cm³/mol. The number of hydrogen-bond acceptors (Lipinski definition) is 5. The number of pyridine rings is 1. The summed E-state index contributed by atoms with van der Waals surface area (Å²) in [6.45, 7) is 1.25. The third-order valence-corrected chi connectivity index (χ3v) is 6.55. The van der Waals surface area contributed by atoms with Crippen LogP contribution in [0.1, 0.15) is 29.2 Å². The Hall–Kier alpha value is -4.04. The number of nitrogens with one attached hydrogen (secondary N) is 1. The molecule has 0 aliphatic carbocycles. The molecule has 1 fully saturated rings. The number of hydrogen-bond donors (Lipinski definition) is 1. The lowest BCUT2D eigenvalue weighted by Crippen LogP contribution is -2.44. The van der Waals surface area contributed by atoms with Crippen LogP contribution < -0.4 is 5.32 Å². The van der Waals surface area contributed by atoms with E-state index in [1.807, 2.05) is 66.7 Å². The van der Waals surface area contributed by atoms with Crippen LogP contribution in [0.15, 0.2) is 79.0 Å². The normalized spacial score (nSPS) is 19.9. The van der Waals surface area contributed by atoms with Gasteiger partial charge in [-0.15, -0.1) is 0 Å². The van der Waals surface area contributed by atoms with E-state index in [-0.39, 0.29) is 43.8 Å². The Morgan fingerprint density at radius 2 is 1.75 bits per heavy atom. The summed E-state index contributed by atoms with van der Waals surface area (Å²) in [5.74, 6) is -1.23. The molecule has 2 aromatic carbocycles. The van der Waals surface area contributed by atoms with Gasteiger partial charge in [-0.05, 0) is 29.3 Å². The van der Waals surface area contributed by atoms with Crippen LogP contribution in [0.5, 0.6) is 0 Å². The number of aromatic nitrogens is 1. The number of ether oxygens (including phenoxy) is 1. The van der Waals surface area contributed by atoms with E-state index in [0.29, 0.717) is 18.8 Å². The summed E-state index contributed by atoms with van der Waals surface area (Å²) in [4.78, 5) is 47.0. The van der Waals surface area contributed by atoms with Crippen LogP contribution in [0.4, 0.5) is 5.69 Å². The number of fused-ring (bicyclic) bond motifs is 1. The van der Waals surface area contributed by atoms with Crippen LogP contribution in [0.3, 0.4) is 0 Å². The molecule has 8 heteroatoms. The number of benzene rings is 2. The zero-order valence-electron chi connectivity index (χ0n) is 19.9. The van der Waals surface area contributed by atoms with Crippen LogP contribution in [0.25, 0.3) is 0 Å². The summed E-state index contributed by atoms with van der Waals surface area (Å²) in [7, 11) is 0. The first-order chi connectivity index (χ1) is 17.6. The van der Waals surface area contributed by atoms with Gasteiger partial charge in [-0.2, -0.15) is 0 Å². The number of carbonyl (C=O) groups excluding carboxylic acids is 3. The fourth-order valence-corrected chi connectivity index (χ4v) is 4.75. The molecular weight excluding hydrogens is 456 g/mol. The molecule has 8 nitrogen and oxygen atoms in total. The molecular formula is C28H28N4O4. The number of rotatable bonds is 6. The van der Waals surface area contributed by atoms with E-state index in [1.54, 1.807) is 22.1 Å². The summed E-state index contributed by atoms with van der Waals surface area (Å²) in [6.07, 6.45) is 1.35. The number of anilines is 1. The minimum atomic E-state index is -0.639. The monoisotopic (exact) mass is 484 g/mol. The Morgan fingerprint density at radius 3 is 2.56 bits per heavy atom. The standard InChI is InChI=1S/C28H28N4O4/c33-26-14-24(23-11-4-5-12-25(23)30-26)28(35)32-17-22(36-19-21-10-6-7-13-29-21)16-31(27(34)18-32)15-20-8-2-1-3-9-20/h1-13,22,24H,14-19H2,(H,30,33)/t22-,24-/m1/s1. The molecule has 1 aromatic heterocycles.